The number of benzene rings is 1. The number of alkyl halides is 2. The first kappa shape index (κ1) is 23.6. The number of halogens is 5. The smallest absolute Gasteiger partial charge is 0.329 e. The van der Waals surface area contributed by atoms with E-state index in [-0.39, 0.29) is 29.4 Å². The molecule has 1 aliphatic carbocycles. The van der Waals surface area contributed by atoms with Gasteiger partial charge in [-0.2, -0.15) is 0 Å². The van der Waals surface area contributed by atoms with Gasteiger partial charge >= 0.3 is 5.69 Å². The largest absolute Gasteiger partial charge is 0.349 e. The lowest BCUT2D eigenvalue weighted by Gasteiger charge is -2.33. The van der Waals surface area contributed by atoms with Gasteiger partial charge in [0, 0.05) is 18.9 Å². The number of fused-ring (bicyclic) bond motifs is 1. The lowest BCUT2D eigenvalue weighted by molar-refractivity contribution is -0.128. The Morgan fingerprint density at radius 1 is 1.15 bits per heavy atom. The van der Waals surface area contributed by atoms with Gasteiger partial charge in [0.15, 0.2) is 0 Å². The number of aromatic amines is 1. The number of amides is 1. The molecule has 7 nitrogen and oxygen atoms in total. The first-order valence-electron chi connectivity index (χ1n) is 10.5. The molecule has 180 valence electrons. The minimum absolute atomic E-state index is 0.0413. The van der Waals surface area contributed by atoms with E-state index in [1.165, 1.54) is 6.07 Å². The van der Waals surface area contributed by atoms with Crippen LogP contribution >= 0.6 is 0 Å². The Bertz CT molecular complexity index is 1360. The van der Waals surface area contributed by atoms with Crippen LogP contribution in [0.15, 0.2) is 40.1 Å². The van der Waals surface area contributed by atoms with Gasteiger partial charge in [-0.15, -0.1) is 0 Å². The molecule has 1 saturated carbocycles. The minimum Gasteiger partial charge on any atom is -0.349 e. The van der Waals surface area contributed by atoms with Crippen molar-refractivity contribution in [1.82, 2.24) is 19.9 Å². The molecule has 1 aromatic carbocycles. The molecule has 1 atom stereocenters. The van der Waals surface area contributed by atoms with Gasteiger partial charge in [-0.25, -0.2) is 31.3 Å². The number of aromatic nitrogens is 3. The summed E-state index contributed by atoms with van der Waals surface area (Å²) in [4.78, 5) is 45.0. The standard InChI is InChI=1S/C22H19F5N4O3/c23-12-1-2-16-14(7-12)20(33)31(21(34)30-16)18(11-3-5-22(26,27)6-4-11)19(32)29-10-17-15(25)8-13(24)9-28-17/h1-2,7-9,11,18H,3-6,10H2,(H,29,32)(H,30,34). The highest BCUT2D eigenvalue weighted by Gasteiger charge is 2.41. The van der Waals surface area contributed by atoms with Crippen molar-refractivity contribution in [3.63, 3.8) is 0 Å². The Balaban J connectivity index is 1.73. The van der Waals surface area contributed by atoms with Crippen molar-refractivity contribution < 1.29 is 26.7 Å². The molecular formula is C22H19F5N4O3. The van der Waals surface area contributed by atoms with Crippen LogP contribution in [-0.2, 0) is 11.3 Å². The summed E-state index contributed by atoms with van der Waals surface area (Å²) in [6, 6.07) is 2.17. The van der Waals surface area contributed by atoms with Gasteiger partial charge in [0.05, 0.1) is 29.3 Å². The van der Waals surface area contributed by atoms with E-state index in [4.69, 9.17) is 0 Å². The summed E-state index contributed by atoms with van der Waals surface area (Å²) in [5.74, 6) is -7.37. The molecule has 0 bridgehead atoms. The van der Waals surface area contributed by atoms with Crippen molar-refractivity contribution in [2.24, 2.45) is 5.92 Å². The fourth-order valence-corrected chi connectivity index (χ4v) is 4.22. The number of carbonyl (C=O) groups is 1. The average molecular weight is 482 g/mol. The van der Waals surface area contributed by atoms with E-state index in [0.29, 0.717) is 10.6 Å². The number of hydrogen-bond acceptors (Lipinski definition) is 4. The van der Waals surface area contributed by atoms with E-state index >= 15 is 0 Å². The quantitative estimate of drug-likeness (QED) is 0.546. The molecule has 1 amide bonds. The maximum absolute atomic E-state index is 13.9. The molecule has 0 aliphatic heterocycles. The zero-order valence-corrected chi connectivity index (χ0v) is 17.6. The average Bonchev–Trinajstić information content (AvgIpc) is 2.77. The third-order valence-electron chi connectivity index (χ3n) is 5.96. The summed E-state index contributed by atoms with van der Waals surface area (Å²) in [5, 5.41) is 2.15. The number of nitrogens with zero attached hydrogens (tertiary/aromatic N) is 2. The van der Waals surface area contributed by atoms with Gasteiger partial charge in [-0.3, -0.25) is 14.6 Å². The number of nitrogens with one attached hydrogen (secondary N) is 2. The molecule has 34 heavy (non-hydrogen) atoms. The van der Waals surface area contributed by atoms with Crippen molar-refractivity contribution in [3.8, 4) is 0 Å². The molecule has 1 aliphatic rings. The van der Waals surface area contributed by atoms with Crippen molar-refractivity contribution in [2.45, 2.75) is 44.2 Å². The van der Waals surface area contributed by atoms with Crippen molar-refractivity contribution in [3.05, 3.63) is 74.4 Å². The van der Waals surface area contributed by atoms with Crippen LogP contribution in [0.3, 0.4) is 0 Å². The number of hydrogen-bond donors (Lipinski definition) is 2. The Kier molecular flexibility index (Phi) is 6.24. The van der Waals surface area contributed by atoms with E-state index in [9.17, 15) is 36.3 Å². The summed E-state index contributed by atoms with van der Waals surface area (Å²) in [6.45, 7) is -0.501. The third-order valence-corrected chi connectivity index (χ3v) is 5.96. The van der Waals surface area contributed by atoms with Crippen LogP contribution < -0.4 is 16.6 Å². The van der Waals surface area contributed by atoms with Crippen LogP contribution in [0, 0.1) is 23.4 Å². The van der Waals surface area contributed by atoms with Crippen molar-refractivity contribution >= 4 is 16.8 Å². The van der Waals surface area contributed by atoms with Crippen LogP contribution in [0.5, 0.6) is 0 Å². The van der Waals surface area contributed by atoms with Gasteiger partial charge in [-0.05, 0) is 37.0 Å². The lowest BCUT2D eigenvalue weighted by Crippen LogP contribution is -2.48. The number of pyridine rings is 1. The van der Waals surface area contributed by atoms with Crippen LogP contribution in [0.2, 0.25) is 0 Å². The zero-order chi connectivity index (χ0) is 24.6. The zero-order valence-electron chi connectivity index (χ0n) is 17.6. The second-order valence-electron chi connectivity index (χ2n) is 8.23. The molecule has 1 unspecified atom stereocenters. The van der Waals surface area contributed by atoms with E-state index in [1.54, 1.807) is 0 Å². The molecular weight excluding hydrogens is 463 g/mol. The van der Waals surface area contributed by atoms with Gasteiger partial charge in [0.2, 0.25) is 11.8 Å². The SMILES string of the molecule is O=C(NCc1ncc(F)cc1F)C(C1CCC(F)(F)CC1)n1c(=O)[nH]c2ccc(F)cc2c1=O. The molecule has 2 N–H and O–H groups in total. The molecule has 0 saturated heterocycles. The van der Waals surface area contributed by atoms with Crippen LogP contribution in [-0.4, -0.2) is 26.4 Å². The molecule has 12 heteroatoms. The van der Waals surface area contributed by atoms with Crippen LogP contribution in [0.1, 0.15) is 37.4 Å². The second kappa shape index (κ2) is 8.99. The number of H-pyrrole nitrogens is 1. The Labute approximate surface area is 188 Å². The monoisotopic (exact) mass is 482 g/mol. The fraction of sp³-hybridized carbons (Fsp3) is 0.364. The molecule has 0 radical (unpaired) electrons. The summed E-state index contributed by atoms with van der Waals surface area (Å²) >= 11 is 0. The summed E-state index contributed by atoms with van der Waals surface area (Å²) in [6.07, 6.45) is -0.685. The summed E-state index contributed by atoms with van der Waals surface area (Å²) < 4.78 is 68.8. The van der Waals surface area contributed by atoms with Gasteiger partial charge in [0.25, 0.3) is 5.56 Å². The first-order valence-corrected chi connectivity index (χ1v) is 10.5. The highest BCUT2D eigenvalue weighted by molar-refractivity contribution is 5.82. The first-order chi connectivity index (χ1) is 16.1. The predicted octanol–water partition coefficient (Wildman–Crippen LogP) is 3.19. The topological polar surface area (TPSA) is 96.8 Å². The maximum Gasteiger partial charge on any atom is 0.329 e. The van der Waals surface area contributed by atoms with E-state index in [2.05, 4.69) is 15.3 Å². The lowest BCUT2D eigenvalue weighted by atomic mass is 9.81. The molecule has 1 fully saturated rings. The van der Waals surface area contributed by atoms with Crippen LogP contribution in [0.25, 0.3) is 10.9 Å². The Morgan fingerprint density at radius 3 is 2.53 bits per heavy atom. The number of rotatable bonds is 5. The second-order valence-corrected chi connectivity index (χ2v) is 8.23. The van der Waals surface area contributed by atoms with E-state index in [0.717, 1.165) is 18.3 Å². The Hall–Kier alpha value is -3.57. The van der Waals surface area contributed by atoms with Crippen molar-refractivity contribution in [2.75, 3.05) is 0 Å². The summed E-state index contributed by atoms with van der Waals surface area (Å²) in [7, 11) is 0. The summed E-state index contributed by atoms with van der Waals surface area (Å²) in [5.41, 5.74) is -2.21. The molecule has 4 rings (SSSR count). The van der Waals surface area contributed by atoms with Gasteiger partial charge in [0.1, 0.15) is 23.5 Å². The highest BCUT2D eigenvalue weighted by atomic mass is 19.3. The van der Waals surface area contributed by atoms with Crippen molar-refractivity contribution in [1.29, 1.82) is 0 Å². The van der Waals surface area contributed by atoms with Gasteiger partial charge in [-0.1, -0.05) is 0 Å². The molecule has 3 aromatic rings. The fourth-order valence-electron chi connectivity index (χ4n) is 4.22. The third kappa shape index (κ3) is 4.70. The van der Waals surface area contributed by atoms with E-state index in [1.807, 2.05) is 0 Å². The van der Waals surface area contributed by atoms with Gasteiger partial charge < -0.3 is 10.3 Å². The normalized spacial score (nSPS) is 17.0. The predicted molar refractivity (Wildman–Crippen MR) is 111 cm³/mol. The van der Waals surface area contributed by atoms with Crippen LogP contribution in [0.4, 0.5) is 22.0 Å². The van der Waals surface area contributed by atoms with E-state index < -0.39 is 71.9 Å². The highest BCUT2D eigenvalue weighted by Crippen LogP contribution is 2.40. The molecule has 0 spiro atoms. The minimum atomic E-state index is -2.94. The number of carbonyl (C=O) groups excluding carboxylic acids is 1. The molecule has 2 aromatic heterocycles. The Morgan fingerprint density at radius 2 is 1.85 bits per heavy atom. The maximum atomic E-state index is 13.9. The molecule has 2 heterocycles.